The molecule has 0 spiro atoms. The van der Waals surface area contributed by atoms with E-state index in [2.05, 4.69) is 0 Å². The third kappa shape index (κ3) is 5.09. The number of anilines is 1. The average molecular weight is 419 g/mol. The number of ether oxygens (including phenoxy) is 1. The molecule has 0 saturated carbocycles. The number of carbonyl (C=O) groups excluding carboxylic acids is 2. The lowest BCUT2D eigenvalue weighted by molar-refractivity contribution is 0.0600. The van der Waals surface area contributed by atoms with Gasteiger partial charge in [0.25, 0.3) is 0 Å². The quantitative estimate of drug-likeness (QED) is 0.733. The van der Waals surface area contributed by atoms with Gasteiger partial charge in [0, 0.05) is 18.8 Å². The fourth-order valence-corrected chi connectivity index (χ4v) is 4.49. The van der Waals surface area contributed by atoms with Crippen molar-refractivity contribution in [3.8, 4) is 0 Å². The van der Waals surface area contributed by atoms with Gasteiger partial charge in [0.05, 0.1) is 30.7 Å². The van der Waals surface area contributed by atoms with E-state index < -0.39 is 16.6 Å². The van der Waals surface area contributed by atoms with E-state index in [9.17, 15) is 18.7 Å². The van der Waals surface area contributed by atoms with Crippen molar-refractivity contribution in [2.45, 2.75) is 13.5 Å². The van der Waals surface area contributed by atoms with Gasteiger partial charge in [-0.1, -0.05) is 30.3 Å². The van der Waals surface area contributed by atoms with E-state index in [0.29, 0.717) is 25.2 Å². The maximum atomic E-state index is 13.3. The van der Waals surface area contributed by atoms with Gasteiger partial charge in [0.15, 0.2) is 0 Å². The zero-order valence-electron chi connectivity index (χ0n) is 16.6. The second-order valence-electron chi connectivity index (χ2n) is 7.04. The first-order valence-electron chi connectivity index (χ1n) is 9.33. The Morgan fingerprint density at radius 3 is 2.28 bits per heavy atom. The number of aryl methyl sites for hydroxylation is 1. The predicted molar refractivity (Wildman–Crippen MR) is 115 cm³/mol. The molecule has 3 rings (SSSR count). The van der Waals surface area contributed by atoms with Crippen molar-refractivity contribution in [3.63, 3.8) is 0 Å². The molecule has 7 nitrogen and oxygen atoms in total. The SMILES string of the molecule is COC(=O)c1ccc(CN(C(=O)N2CCS(O)(O)CC2)c2ccccc2C)cc1. The van der Waals surface area contributed by atoms with E-state index in [4.69, 9.17) is 4.74 Å². The Hall–Kier alpha value is -2.55. The summed E-state index contributed by atoms with van der Waals surface area (Å²) in [7, 11) is -1.24. The molecule has 2 aromatic rings. The summed E-state index contributed by atoms with van der Waals surface area (Å²) in [6.45, 7) is 2.90. The van der Waals surface area contributed by atoms with Crippen LogP contribution in [0.1, 0.15) is 21.5 Å². The number of urea groups is 1. The highest BCUT2D eigenvalue weighted by atomic mass is 32.3. The smallest absolute Gasteiger partial charge is 0.337 e. The lowest BCUT2D eigenvalue weighted by Gasteiger charge is -2.42. The Morgan fingerprint density at radius 1 is 1.07 bits per heavy atom. The topological polar surface area (TPSA) is 90.3 Å². The van der Waals surface area contributed by atoms with E-state index in [-0.39, 0.29) is 17.5 Å². The van der Waals surface area contributed by atoms with Gasteiger partial charge in [-0.25, -0.2) is 9.59 Å². The van der Waals surface area contributed by atoms with Crippen LogP contribution in [0.15, 0.2) is 48.5 Å². The largest absolute Gasteiger partial charge is 0.465 e. The number of methoxy groups -OCH3 is 1. The fraction of sp³-hybridized carbons (Fsp3) is 0.333. The molecule has 1 fully saturated rings. The van der Waals surface area contributed by atoms with E-state index in [1.807, 2.05) is 31.2 Å². The molecular formula is C21H26N2O5S. The number of hydrogen-bond acceptors (Lipinski definition) is 5. The van der Waals surface area contributed by atoms with Crippen molar-refractivity contribution < 1.29 is 23.4 Å². The van der Waals surface area contributed by atoms with Gasteiger partial charge in [0.2, 0.25) is 0 Å². The van der Waals surface area contributed by atoms with Gasteiger partial charge in [-0.2, -0.15) is 10.6 Å². The number of benzene rings is 2. The number of carbonyl (C=O) groups is 2. The van der Waals surface area contributed by atoms with Crippen LogP contribution in [0.4, 0.5) is 10.5 Å². The minimum atomic E-state index is -2.58. The Labute approximate surface area is 172 Å². The number of hydrogen-bond donors (Lipinski definition) is 2. The van der Waals surface area contributed by atoms with Gasteiger partial charge in [0.1, 0.15) is 0 Å². The summed E-state index contributed by atoms with van der Waals surface area (Å²) >= 11 is 0. The van der Waals surface area contributed by atoms with Crippen LogP contribution >= 0.6 is 10.6 Å². The maximum absolute atomic E-state index is 13.3. The maximum Gasteiger partial charge on any atom is 0.337 e. The third-order valence-corrected chi connectivity index (χ3v) is 6.67. The molecule has 0 radical (unpaired) electrons. The molecule has 1 aliphatic rings. The molecule has 156 valence electrons. The normalized spacial score (nSPS) is 16.8. The highest BCUT2D eigenvalue weighted by Crippen LogP contribution is 2.40. The van der Waals surface area contributed by atoms with Crippen molar-refractivity contribution in [1.29, 1.82) is 0 Å². The van der Waals surface area contributed by atoms with Crippen molar-refractivity contribution in [3.05, 3.63) is 65.2 Å². The molecule has 0 atom stereocenters. The second-order valence-corrected chi connectivity index (χ2v) is 9.46. The van der Waals surface area contributed by atoms with Gasteiger partial charge >= 0.3 is 12.0 Å². The molecule has 0 unspecified atom stereocenters. The minimum absolute atomic E-state index is 0.175. The monoisotopic (exact) mass is 418 g/mol. The summed E-state index contributed by atoms with van der Waals surface area (Å²) < 4.78 is 24.4. The fourth-order valence-electron chi connectivity index (χ4n) is 3.26. The summed E-state index contributed by atoms with van der Waals surface area (Å²) in [5, 5.41) is 0. The molecule has 2 amide bonds. The van der Waals surface area contributed by atoms with Crippen molar-refractivity contribution in [2.24, 2.45) is 0 Å². The summed E-state index contributed by atoms with van der Waals surface area (Å²) in [5.74, 6) is -0.00165. The first kappa shape index (κ1) is 21.2. The van der Waals surface area contributed by atoms with Crippen molar-refractivity contribution >= 4 is 28.3 Å². The Morgan fingerprint density at radius 2 is 1.69 bits per heavy atom. The van der Waals surface area contributed by atoms with Crippen LogP contribution in [0.3, 0.4) is 0 Å². The minimum Gasteiger partial charge on any atom is -0.465 e. The number of rotatable bonds is 4. The van der Waals surface area contributed by atoms with Crippen LogP contribution in [0.5, 0.6) is 0 Å². The average Bonchev–Trinajstić information content (AvgIpc) is 2.72. The molecular weight excluding hydrogens is 392 g/mol. The zero-order valence-corrected chi connectivity index (χ0v) is 17.4. The van der Waals surface area contributed by atoms with Crippen molar-refractivity contribution in [2.75, 3.05) is 36.6 Å². The first-order chi connectivity index (χ1) is 13.8. The molecule has 2 aromatic carbocycles. The lowest BCUT2D eigenvalue weighted by Crippen LogP contribution is -2.49. The molecule has 1 saturated heterocycles. The van der Waals surface area contributed by atoms with Crippen LogP contribution in [-0.2, 0) is 11.3 Å². The van der Waals surface area contributed by atoms with Crippen LogP contribution < -0.4 is 4.90 Å². The summed E-state index contributed by atoms with van der Waals surface area (Å²) in [6.07, 6.45) is 0. The molecule has 8 heteroatoms. The van der Waals surface area contributed by atoms with Crippen LogP contribution in [0.25, 0.3) is 0 Å². The van der Waals surface area contributed by atoms with Crippen LogP contribution in [0.2, 0.25) is 0 Å². The number of para-hydroxylation sites is 1. The van der Waals surface area contributed by atoms with Gasteiger partial charge in [-0.3, -0.25) is 14.0 Å². The van der Waals surface area contributed by atoms with E-state index in [1.54, 1.807) is 34.1 Å². The van der Waals surface area contributed by atoms with Crippen LogP contribution in [0, 0.1) is 6.92 Å². The van der Waals surface area contributed by atoms with Gasteiger partial charge < -0.3 is 9.64 Å². The summed E-state index contributed by atoms with van der Waals surface area (Å²) in [4.78, 5) is 28.3. The molecule has 0 aliphatic carbocycles. The Bertz CT molecular complexity index is 875. The van der Waals surface area contributed by atoms with Crippen LogP contribution in [-0.4, -0.2) is 57.7 Å². The number of esters is 1. The summed E-state index contributed by atoms with van der Waals surface area (Å²) in [5.41, 5.74) is 3.09. The Balaban J connectivity index is 1.85. The van der Waals surface area contributed by atoms with E-state index in [1.165, 1.54) is 7.11 Å². The first-order valence-corrected chi connectivity index (χ1v) is 11.2. The highest BCUT2D eigenvalue weighted by Gasteiger charge is 2.29. The standard InChI is InChI=1S/C21H26N2O5S/c1-16-5-3-4-6-19(16)23(21(25)22-11-13-29(26,27)14-12-22)15-17-7-9-18(10-8-17)20(24)28-2/h3-10,26-27H,11-15H2,1-2H3. The third-order valence-electron chi connectivity index (χ3n) is 5.00. The zero-order chi connectivity index (χ0) is 21.0. The molecule has 29 heavy (non-hydrogen) atoms. The second kappa shape index (κ2) is 8.86. The molecule has 1 heterocycles. The molecule has 2 N–H and O–H groups in total. The number of amides is 2. The number of nitrogens with zero attached hydrogens (tertiary/aromatic N) is 2. The predicted octanol–water partition coefficient (Wildman–Crippen LogP) is 3.97. The Kier molecular flexibility index (Phi) is 6.46. The van der Waals surface area contributed by atoms with Gasteiger partial charge in [-0.05, 0) is 36.2 Å². The van der Waals surface area contributed by atoms with E-state index >= 15 is 0 Å². The lowest BCUT2D eigenvalue weighted by atomic mass is 10.1. The molecule has 0 aromatic heterocycles. The van der Waals surface area contributed by atoms with Crippen molar-refractivity contribution in [1.82, 2.24) is 4.90 Å². The van der Waals surface area contributed by atoms with Gasteiger partial charge in [-0.15, -0.1) is 0 Å². The molecule has 0 bridgehead atoms. The van der Waals surface area contributed by atoms with E-state index in [0.717, 1.165) is 16.8 Å². The summed E-state index contributed by atoms with van der Waals surface area (Å²) in [6, 6.07) is 14.4. The molecule has 1 aliphatic heterocycles. The highest BCUT2D eigenvalue weighted by molar-refractivity contribution is 8.24.